The van der Waals surface area contributed by atoms with Gasteiger partial charge in [0.25, 0.3) is 0 Å². The minimum atomic E-state index is 0.135. The van der Waals surface area contributed by atoms with Crippen molar-refractivity contribution in [3.8, 4) is 0 Å². The van der Waals surface area contributed by atoms with Crippen molar-refractivity contribution >= 4 is 5.91 Å². The molecular formula is C12H24N2O2. The van der Waals surface area contributed by atoms with Gasteiger partial charge in [0.15, 0.2) is 0 Å². The molecule has 0 bridgehead atoms. The summed E-state index contributed by atoms with van der Waals surface area (Å²) in [5.41, 5.74) is 5.90. The van der Waals surface area contributed by atoms with Crippen LogP contribution in [0.15, 0.2) is 0 Å². The summed E-state index contributed by atoms with van der Waals surface area (Å²) in [6, 6.07) is 0.337. The Morgan fingerprint density at radius 2 is 2.31 bits per heavy atom. The molecule has 2 unspecified atom stereocenters. The summed E-state index contributed by atoms with van der Waals surface area (Å²) >= 11 is 0. The standard InChI is InChI=1S/C12H24N2O2/c1-16-7-3-6-12(15)14-9-10-4-2-5-11(13)8-10/h10-11H,2-9,13H2,1H3,(H,14,15). The summed E-state index contributed by atoms with van der Waals surface area (Å²) in [6.07, 6.45) is 5.95. The fourth-order valence-corrected chi connectivity index (χ4v) is 2.24. The molecule has 94 valence electrons. The van der Waals surface area contributed by atoms with Crippen molar-refractivity contribution in [2.75, 3.05) is 20.3 Å². The molecule has 0 saturated heterocycles. The molecule has 0 aliphatic heterocycles. The molecule has 0 heterocycles. The zero-order valence-corrected chi connectivity index (χ0v) is 10.2. The van der Waals surface area contributed by atoms with E-state index in [0.29, 0.717) is 25.0 Å². The van der Waals surface area contributed by atoms with Gasteiger partial charge in [0, 0.05) is 32.7 Å². The van der Waals surface area contributed by atoms with Crippen LogP contribution in [0.2, 0.25) is 0 Å². The lowest BCUT2D eigenvalue weighted by Crippen LogP contribution is -2.35. The van der Waals surface area contributed by atoms with Crippen molar-refractivity contribution < 1.29 is 9.53 Å². The molecule has 1 aliphatic carbocycles. The minimum absolute atomic E-state index is 0.135. The molecule has 2 atom stereocenters. The van der Waals surface area contributed by atoms with Gasteiger partial charge in [0.2, 0.25) is 5.91 Å². The fourth-order valence-electron chi connectivity index (χ4n) is 2.24. The van der Waals surface area contributed by atoms with E-state index in [2.05, 4.69) is 5.32 Å². The second-order valence-corrected chi connectivity index (χ2v) is 4.69. The molecule has 1 amide bonds. The van der Waals surface area contributed by atoms with Crippen LogP contribution in [0.4, 0.5) is 0 Å². The monoisotopic (exact) mass is 228 g/mol. The number of nitrogens with two attached hydrogens (primary N) is 1. The summed E-state index contributed by atoms with van der Waals surface area (Å²) < 4.78 is 4.90. The first-order valence-electron chi connectivity index (χ1n) is 6.23. The Bertz CT molecular complexity index is 209. The summed E-state index contributed by atoms with van der Waals surface area (Å²) in [4.78, 5) is 11.4. The average Bonchev–Trinajstić information content (AvgIpc) is 2.27. The highest BCUT2D eigenvalue weighted by Crippen LogP contribution is 2.22. The highest BCUT2D eigenvalue weighted by atomic mass is 16.5. The van der Waals surface area contributed by atoms with Crippen molar-refractivity contribution in [1.82, 2.24) is 5.32 Å². The van der Waals surface area contributed by atoms with Crippen LogP contribution < -0.4 is 11.1 Å². The van der Waals surface area contributed by atoms with Crippen molar-refractivity contribution in [2.24, 2.45) is 11.7 Å². The molecule has 0 aromatic carbocycles. The van der Waals surface area contributed by atoms with E-state index in [9.17, 15) is 4.79 Å². The predicted octanol–water partition coefficient (Wildman–Crippen LogP) is 1.05. The van der Waals surface area contributed by atoms with Gasteiger partial charge in [-0.3, -0.25) is 4.79 Å². The molecule has 16 heavy (non-hydrogen) atoms. The lowest BCUT2D eigenvalue weighted by atomic mass is 9.86. The van der Waals surface area contributed by atoms with E-state index in [1.165, 1.54) is 12.8 Å². The smallest absolute Gasteiger partial charge is 0.220 e. The molecule has 0 radical (unpaired) electrons. The van der Waals surface area contributed by atoms with Crippen LogP contribution in [-0.2, 0) is 9.53 Å². The lowest BCUT2D eigenvalue weighted by Gasteiger charge is -2.26. The molecule has 3 N–H and O–H groups in total. The average molecular weight is 228 g/mol. The molecule has 1 aliphatic rings. The van der Waals surface area contributed by atoms with Crippen LogP contribution >= 0.6 is 0 Å². The number of nitrogens with one attached hydrogen (secondary N) is 1. The Labute approximate surface area is 97.9 Å². The van der Waals surface area contributed by atoms with Gasteiger partial charge in [-0.25, -0.2) is 0 Å². The second kappa shape index (κ2) is 7.63. The Balaban J connectivity index is 2.06. The molecule has 4 heteroatoms. The van der Waals surface area contributed by atoms with Crippen molar-refractivity contribution in [1.29, 1.82) is 0 Å². The third-order valence-corrected chi connectivity index (χ3v) is 3.16. The van der Waals surface area contributed by atoms with E-state index in [1.54, 1.807) is 7.11 Å². The van der Waals surface area contributed by atoms with Crippen LogP contribution in [0, 0.1) is 5.92 Å². The topological polar surface area (TPSA) is 64.3 Å². The first-order valence-corrected chi connectivity index (χ1v) is 6.23. The molecule has 4 nitrogen and oxygen atoms in total. The van der Waals surface area contributed by atoms with Crippen LogP contribution in [0.5, 0.6) is 0 Å². The van der Waals surface area contributed by atoms with Gasteiger partial charge >= 0.3 is 0 Å². The first-order chi connectivity index (χ1) is 7.72. The Hall–Kier alpha value is -0.610. The zero-order chi connectivity index (χ0) is 11.8. The van der Waals surface area contributed by atoms with Crippen LogP contribution in [0.25, 0.3) is 0 Å². The third-order valence-electron chi connectivity index (χ3n) is 3.16. The fraction of sp³-hybridized carbons (Fsp3) is 0.917. The maximum Gasteiger partial charge on any atom is 0.220 e. The van der Waals surface area contributed by atoms with Crippen molar-refractivity contribution in [3.63, 3.8) is 0 Å². The first kappa shape index (κ1) is 13.5. The van der Waals surface area contributed by atoms with Crippen molar-refractivity contribution in [2.45, 2.75) is 44.6 Å². The van der Waals surface area contributed by atoms with E-state index in [0.717, 1.165) is 25.8 Å². The highest BCUT2D eigenvalue weighted by Gasteiger charge is 2.19. The van der Waals surface area contributed by atoms with Gasteiger partial charge in [0.05, 0.1) is 0 Å². The zero-order valence-electron chi connectivity index (χ0n) is 10.2. The largest absolute Gasteiger partial charge is 0.385 e. The van der Waals surface area contributed by atoms with E-state index in [4.69, 9.17) is 10.5 Å². The van der Waals surface area contributed by atoms with Gasteiger partial charge < -0.3 is 15.8 Å². The van der Waals surface area contributed by atoms with Gasteiger partial charge in [-0.1, -0.05) is 6.42 Å². The molecule has 1 rings (SSSR count). The number of hydrogen-bond acceptors (Lipinski definition) is 3. The van der Waals surface area contributed by atoms with Gasteiger partial charge in [-0.05, 0) is 31.6 Å². The second-order valence-electron chi connectivity index (χ2n) is 4.69. The van der Waals surface area contributed by atoms with E-state index < -0.39 is 0 Å². The maximum absolute atomic E-state index is 11.4. The summed E-state index contributed by atoms with van der Waals surface area (Å²) in [6.45, 7) is 1.45. The number of methoxy groups -OCH3 is 1. The normalized spacial score (nSPS) is 25.4. The SMILES string of the molecule is COCCCC(=O)NCC1CCCC(N)C1. The van der Waals surface area contributed by atoms with Gasteiger partial charge in [-0.15, -0.1) is 0 Å². The predicted molar refractivity (Wildman–Crippen MR) is 64.1 cm³/mol. The summed E-state index contributed by atoms with van der Waals surface area (Å²) in [5, 5.41) is 2.98. The minimum Gasteiger partial charge on any atom is -0.385 e. The number of rotatable bonds is 6. The Kier molecular flexibility index (Phi) is 6.42. The van der Waals surface area contributed by atoms with Crippen LogP contribution in [0.1, 0.15) is 38.5 Å². The third kappa shape index (κ3) is 5.47. The molecule has 1 saturated carbocycles. The number of hydrogen-bond donors (Lipinski definition) is 2. The van der Waals surface area contributed by atoms with Gasteiger partial charge in [-0.2, -0.15) is 0 Å². The van der Waals surface area contributed by atoms with E-state index in [1.807, 2.05) is 0 Å². The number of carbonyl (C=O) groups excluding carboxylic acids is 1. The van der Waals surface area contributed by atoms with Crippen molar-refractivity contribution in [3.05, 3.63) is 0 Å². The number of amides is 1. The molecule has 0 spiro atoms. The lowest BCUT2D eigenvalue weighted by molar-refractivity contribution is -0.121. The van der Waals surface area contributed by atoms with Gasteiger partial charge in [0.1, 0.15) is 0 Å². The maximum atomic E-state index is 11.4. The highest BCUT2D eigenvalue weighted by molar-refractivity contribution is 5.75. The quantitative estimate of drug-likeness (QED) is 0.668. The molecule has 1 fully saturated rings. The van der Waals surface area contributed by atoms with Crippen LogP contribution in [-0.4, -0.2) is 32.2 Å². The summed E-state index contributed by atoms with van der Waals surface area (Å²) in [5.74, 6) is 0.714. The molecular weight excluding hydrogens is 204 g/mol. The number of carbonyl (C=O) groups is 1. The Morgan fingerprint density at radius 3 is 3.00 bits per heavy atom. The molecule has 0 aromatic heterocycles. The Morgan fingerprint density at radius 1 is 1.50 bits per heavy atom. The number of ether oxygens (including phenoxy) is 1. The van der Waals surface area contributed by atoms with E-state index >= 15 is 0 Å². The van der Waals surface area contributed by atoms with Crippen LogP contribution in [0.3, 0.4) is 0 Å². The van der Waals surface area contributed by atoms with E-state index in [-0.39, 0.29) is 5.91 Å². The molecule has 0 aromatic rings. The summed E-state index contributed by atoms with van der Waals surface area (Å²) in [7, 11) is 1.65.